The summed E-state index contributed by atoms with van der Waals surface area (Å²) in [6.45, 7) is 1.99. The van der Waals surface area contributed by atoms with Gasteiger partial charge in [0.25, 0.3) is 0 Å². The van der Waals surface area contributed by atoms with E-state index in [0.29, 0.717) is 0 Å². The molecule has 23 heavy (non-hydrogen) atoms. The average molecular weight is 298 g/mol. The van der Waals surface area contributed by atoms with E-state index < -0.39 is 0 Å². The van der Waals surface area contributed by atoms with Crippen LogP contribution in [0.2, 0.25) is 0 Å². The van der Waals surface area contributed by atoms with Gasteiger partial charge in [0, 0.05) is 34.1 Å². The van der Waals surface area contributed by atoms with Crippen LogP contribution in [0, 0.1) is 6.92 Å². The minimum Gasteiger partial charge on any atom is -0.360 e. The second kappa shape index (κ2) is 4.43. The van der Waals surface area contributed by atoms with Gasteiger partial charge in [-0.05, 0) is 19.1 Å². The van der Waals surface area contributed by atoms with Crippen molar-refractivity contribution in [3.05, 3.63) is 66.5 Å². The number of aromatic nitrogens is 4. The standard InChI is InChI=1S/C19H14N4/c1-12-10-18-21-19(14-7-3-5-9-17(14)23(18)22-12)15-11-20-16-8-4-2-6-13(15)16/h2-11,20H,1H3. The zero-order chi connectivity index (χ0) is 15.4. The minimum absolute atomic E-state index is 0.876. The number of fused-ring (bicyclic) bond motifs is 4. The lowest BCUT2D eigenvalue weighted by Gasteiger charge is -2.07. The molecule has 0 spiro atoms. The van der Waals surface area contributed by atoms with Gasteiger partial charge in [-0.15, -0.1) is 0 Å². The van der Waals surface area contributed by atoms with Crippen molar-refractivity contribution in [1.29, 1.82) is 0 Å². The molecule has 0 bridgehead atoms. The largest absolute Gasteiger partial charge is 0.360 e. The molecule has 4 nitrogen and oxygen atoms in total. The third kappa shape index (κ3) is 1.72. The summed E-state index contributed by atoms with van der Waals surface area (Å²) >= 11 is 0. The molecule has 0 amide bonds. The van der Waals surface area contributed by atoms with E-state index in [1.165, 1.54) is 5.39 Å². The number of H-pyrrole nitrogens is 1. The third-order valence-corrected chi connectivity index (χ3v) is 4.27. The van der Waals surface area contributed by atoms with Gasteiger partial charge < -0.3 is 4.98 Å². The molecule has 0 saturated carbocycles. The fourth-order valence-electron chi connectivity index (χ4n) is 3.25. The van der Waals surface area contributed by atoms with Gasteiger partial charge in [-0.2, -0.15) is 5.10 Å². The number of hydrogen-bond donors (Lipinski definition) is 1. The van der Waals surface area contributed by atoms with Crippen molar-refractivity contribution in [3.8, 4) is 11.3 Å². The maximum Gasteiger partial charge on any atom is 0.156 e. The molecule has 0 saturated heterocycles. The monoisotopic (exact) mass is 298 g/mol. The van der Waals surface area contributed by atoms with Crippen LogP contribution >= 0.6 is 0 Å². The molecule has 5 rings (SSSR count). The van der Waals surface area contributed by atoms with Crippen LogP contribution in [-0.4, -0.2) is 19.6 Å². The predicted molar refractivity (Wildman–Crippen MR) is 92.5 cm³/mol. The molecule has 0 unspecified atom stereocenters. The van der Waals surface area contributed by atoms with Crippen LogP contribution in [0.1, 0.15) is 5.69 Å². The summed E-state index contributed by atoms with van der Waals surface area (Å²) in [6.07, 6.45) is 2.04. The summed E-state index contributed by atoms with van der Waals surface area (Å²) in [4.78, 5) is 8.24. The Morgan fingerprint density at radius 1 is 0.957 bits per heavy atom. The highest BCUT2D eigenvalue weighted by molar-refractivity contribution is 6.03. The Bertz CT molecular complexity index is 1180. The maximum atomic E-state index is 4.90. The second-order valence-corrected chi connectivity index (χ2v) is 5.78. The molecule has 0 aliphatic heterocycles. The number of hydrogen-bond acceptors (Lipinski definition) is 2. The van der Waals surface area contributed by atoms with Crippen LogP contribution < -0.4 is 0 Å². The first-order valence-electron chi connectivity index (χ1n) is 7.63. The number of aromatic amines is 1. The van der Waals surface area contributed by atoms with Crippen LogP contribution in [0.3, 0.4) is 0 Å². The highest BCUT2D eigenvalue weighted by Gasteiger charge is 2.14. The zero-order valence-corrected chi connectivity index (χ0v) is 12.6. The summed E-state index contributed by atoms with van der Waals surface area (Å²) in [6, 6.07) is 18.6. The predicted octanol–water partition coefficient (Wildman–Crippen LogP) is 4.34. The lowest BCUT2D eigenvalue weighted by molar-refractivity contribution is 0.957. The zero-order valence-electron chi connectivity index (χ0n) is 12.6. The first-order valence-corrected chi connectivity index (χ1v) is 7.63. The van der Waals surface area contributed by atoms with Crippen LogP contribution in [-0.2, 0) is 0 Å². The van der Waals surface area contributed by atoms with Gasteiger partial charge in [0.05, 0.1) is 16.9 Å². The maximum absolute atomic E-state index is 4.90. The first kappa shape index (κ1) is 12.4. The number of rotatable bonds is 1. The van der Waals surface area contributed by atoms with Crippen LogP contribution in [0.4, 0.5) is 0 Å². The highest BCUT2D eigenvalue weighted by Crippen LogP contribution is 2.32. The molecule has 5 aromatic rings. The molecule has 0 fully saturated rings. The van der Waals surface area contributed by atoms with E-state index >= 15 is 0 Å². The van der Waals surface area contributed by atoms with Gasteiger partial charge in [0.15, 0.2) is 5.65 Å². The first-order chi connectivity index (χ1) is 11.3. The van der Waals surface area contributed by atoms with Crippen molar-refractivity contribution in [2.45, 2.75) is 6.92 Å². The van der Waals surface area contributed by atoms with E-state index in [0.717, 1.165) is 39.0 Å². The van der Waals surface area contributed by atoms with Crippen LogP contribution in [0.5, 0.6) is 0 Å². The fraction of sp³-hybridized carbons (Fsp3) is 0.0526. The molecule has 2 aromatic carbocycles. The number of para-hydroxylation sites is 2. The molecule has 0 radical (unpaired) electrons. The molecule has 3 heterocycles. The van der Waals surface area contributed by atoms with E-state index in [4.69, 9.17) is 4.98 Å². The SMILES string of the molecule is Cc1cc2nc(-c3c[nH]c4ccccc34)c3ccccc3n2n1. The van der Waals surface area contributed by atoms with Crippen LogP contribution in [0.15, 0.2) is 60.8 Å². The summed E-state index contributed by atoms with van der Waals surface area (Å²) < 4.78 is 1.92. The molecule has 0 aliphatic carbocycles. The second-order valence-electron chi connectivity index (χ2n) is 5.78. The molecule has 0 aliphatic rings. The summed E-state index contributed by atoms with van der Waals surface area (Å²) in [5, 5.41) is 6.86. The Morgan fingerprint density at radius 2 is 1.74 bits per heavy atom. The van der Waals surface area contributed by atoms with Gasteiger partial charge in [-0.1, -0.05) is 36.4 Å². The number of aryl methyl sites for hydroxylation is 1. The molecular weight excluding hydrogens is 284 g/mol. The molecule has 1 N–H and O–H groups in total. The highest BCUT2D eigenvalue weighted by atomic mass is 15.3. The summed E-state index contributed by atoms with van der Waals surface area (Å²) in [7, 11) is 0. The Morgan fingerprint density at radius 3 is 2.65 bits per heavy atom. The van der Waals surface area contributed by atoms with E-state index in [1.54, 1.807) is 0 Å². The summed E-state index contributed by atoms with van der Waals surface area (Å²) in [5.41, 5.74) is 6.16. The van der Waals surface area contributed by atoms with Gasteiger partial charge in [0.2, 0.25) is 0 Å². The van der Waals surface area contributed by atoms with E-state index in [1.807, 2.05) is 41.9 Å². The van der Waals surface area contributed by atoms with Crippen molar-refractivity contribution in [2.24, 2.45) is 0 Å². The van der Waals surface area contributed by atoms with E-state index in [9.17, 15) is 0 Å². The number of nitrogens with zero attached hydrogens (tertiary/aromatic N) is 3. The van der Waals surface area contributed by atoms with Crippen molar-refractivity contribution in [3.63, 3.8) is 0 Å². The Balaban J connectivity index is 1.96. The Labute approximate surface area is 132 Å². The molecular formula is C19H14N4. The normalized spacial score (nSPS) is 11.7. The van der Waals surface area contributed by atoms with Gasteiger partial charge in [0.1, 0.15) is 0 Å². The average Bonchev–Trinajstić information content (AvgIpc) is 3.17. The van der Waals surface area contributed by atoms with Gasteiger partial charge >= 0.3 is 0 Å². The summed E-state index contributed by atoms with van der Waals surface area (Å²) in [5.74, 6) is 0. The molecule has 4 heteroatoms. The molecule has 0 atom stereocenters. The van der Waals surface area contributed by atoms with E-state index in [-0.39, 0.29) is 0 Å². The van der Waals surface area contributed by atoms with Crippen molar-refractivity contribution in [2.75, 3.05) is 0 Å². The lowest BCUT2D eigenvalue weighted by Crippen LogP contribution is -1.96. The van der Waals surface area contributed by atoms with Crippen molar-refractivity contribution in [1.82, 2.24) is 19.6 Å². The van der Waals surface area contributed by atoms with Gasteiger partial charge in [-0.25, -0.2) is 9.50 Å². The van der Waals surface area contributed by atoms with Gasteiger partial charge in [-0.3, -0.25) is 0 Å². The third-order valence-electron chi connectivity index (χ3n) is 4.27. The van der Waals surface area contributed by atoms with Crippen molar-refractivity contribution >= 4 is 27.5 Å². The lowest BCUT2D eigenvalue weighted by atomic mass is 10.1. The Kier molecular flexibility index (Phi) is 2.39. The molecule has 3 aromatic heterocycles. The molecule has 110 valence electrons. The Hall–Kier alpha value is -3.14. The fourth-order valence-corrected chi connectivity index (χ4v) is 3.25. The number of nitrogens with one attached hydrogen (secondary N) is 1. The quantitative estimate of drug-likeness (QED) is 0.500. The van der Waals surface area contributed by atoms with Crippen molar-refractivity contribution < 1.29 is 0 Å². The van der Waals surface area contributed by atoms with Crippen LogP contribution in [0.25, 0.3) is 38.7 Å². The minimum atomic E-state index is 0.876. The smallest absolute Gasteiger partial charge is 0.156 e. The number of benzene rings is 2. The van der Waals surface area contributed by atoms with E-state index in [2.05, 4.69) is 40.4 Å². The topological polar surface area (TPSA) is 46.0 Å².